The van der Waals surface area contributed by atoms with Crippen LogP contribution < -0.4 is 5.56 Å². The molecule has 0 N–H and O–H groups in total. The highest BCUT2D eigenvalue weighted by molar-refractivity contribution is 5.76. The van der Waals surface area contributed by atoms with E-state index in [1.54, 1.807) is 12.1 Å². The van der Waals surface area contributed by atoms with Gasteiger partial charge in [0.05, 0.1) is 12.6 Å². The Kier molecular flexibility index (Phi) is 4.09. The number of likely N-dealkylation sites (tertiary alicyclic amines) is 1. The molecule has 3 heterocycles. The molecule has 1 aliphatic rings. The predicted molar refractivity (Wildman–Crippen MR) is 81.2 cm³/mol. The second-order valence-electron chi connectivity index (χ2n) is 5.80. The van der Waals surface area contributed by atoms with Gasteiger partial charge in [0, 0.05) is 19.2 Å². The Morgan fingerprint density at radius 3 is 3.05 bits per heavy atom. The number of rotatable bonds is 3. The van der Waals surface area contributed by atoms with E-state index in [-0.39, 0.29) is 18.0 Å². The number of nitrogens with zero attached hydrogens (tertiary/aromatic N) is 3. The van der Waals surface area contributed by atoms with Crippen LogP contribution in [0.2, 0.25) is 0 Å². The Labute approximate surface area is 128 Å². The van der Waals surface area contributed by atoms with Gasteiger partial charge in [0.25, 0.3) is 5.56 Å². The van der Waals surface area contributed by atoms with Gasteiger partial charge in [0.1, 0.15) is 12.2 Å². The molecule has 1 unspecified atom stereocenters. The van der Waals surface area contributed by atoms with Crippen LogP contribution in [0.15, 0.2) is 40.0 Å². The summed E-state index contributed by atoms with van der Waals surface area (Å²) in [4.78, 5) is 30.5. The summed E-state index contributed by atoms with van der Waals surface area (Å²) in [6.45, 7) is 3.73. The summed E-state index contributed by atoms with van der Waals surface area (Å²) < 4.78 is 6.56. The van der Waals surface area contributed by atoms with Crippen molar-refractivity contribution in [2.75, 3.05) is 13.1 Å². The van der Waals surface area contributed by atoms with Gasteiger partial charge in [-0.1, -0.05) is 6.92 Å². The van der Waals surface area contributed by atoms with Crippen molar-refractivity contribution in [3.63, 3.8) is 0 Å². The maximum atomic E-state index is 12.3. The number of hydrogen-bond acceptors (Lipinski definition) is 4. The van der Waals surface area contributed by atoms with Gasteiger partial charge < -0.3 is 9.32 Å². The molecule has 6 heteroatoms. The Hall–Kier alpha value is -2.37. The quantitative estimate of drug-likeness (QED) is 0.866. The summed E-state index contributed by atoms with van der Waals surface area (Å²) >= 11 is 0. The Bertz CT molecular complexity index is 706. The molecule has 0 aromatic carbocycles. The van der Waals surface area contributed by atoms with Crippen molar-refractivity contribution in [3.05, 3.63) is 41.1 Å². The van der Waals surface area contributed by atoms with E-state index < -0.39 is 0 Å². The maximum Gasteiger partial charge on any atom is 0.254 e. The molecular weight excluding hydrogens is 282 g/mol. The lowest BCUT2D eigenvalue weighted by molar-refractivity contribution is -0.133. The number of carbonyl (C=O) groups excluding carboxylic acids is 1. The summed E-state index contributed by atoms with van der Waals surface area (Å²) in [6.07, 6.45) is 5.12. The highest BCUT2D eigenvalue weighted by Crippen LogP contribution is 2.16. The number of amides is 1. The van der Waals surface area contributed by atoms with Crippen molar-refractivity contribution in [1.82, 2.24) is 14.5 Å². The van der Waals surface area contributed by atoms with Crippen molar-refractivity contribution in [1.29, 1.82) is 0 Å². The fourth-order valence-electron chi connectivity index (χ4n) is 2.77. The van der Waals surface area contributed by atoms with Crippen LogP contribution in [-0.2, 0) is 11.3 Å². The molecule has 6 nitrogen and oxygen atoms in total. The fourth-order valence-corrected chi connectivity index (χ4v) is 2.77. The molecule has 1 saturated heterocycles. The summed E-state index contributed by atoms with van der Waals surface area (Å²) in [7, 11) is 0. The molecule has 116 valence electrons. The first-order chi connectivity index (χ1) is 10.6. The molecule has 1 aliphatic heterocycles. The summed E-state index contributed by atoms with van der Waals surface area (Å²) in [5.74, 6) is 1.04. The average molecular weight is 301 g/mol. The molecule has 0 aliphatic carbocycles. The van der Waals surface area contributed by atoms with Crippen LogP contribution in [0.5, 0.6) is 0 Å². The SMILES string of the molecule is CC1CCCN(C(=O)Cn2cnc(-c3ccco3)cc2=O)C1. The van der Waals surface area contributed by atoms with Crippen LogP contribution in [0.1, 0.15) is 19.8 Å². The third-order valence-corrected chi connectivity index (χ3v) is 3.97. The zero-order valence-electron chi connectivity index (χ0n) is 12.6. The number of hydrogen-bond donors (Lipinski definition) is 0. The minimum absolute atomic E-state index is 0.0267. The van der Waals surface area contributed by atoms with Gasteiger partial charge in [0.15, 0.2) is 5.76 Å². The van der Waals surface area contributed by atoms with Gasteiger partial charge >= 0.3 is 0 Å². The largest absolute Gasteiger partial charge is 0.463 e. The maximum absolute atomic E-state index is 12.3. The number of furan rings is 1. The van der Waals surface area contributed by atoms with E-state index in [4.69, 9.17) is 4.42 Å². The van der Waals surface area contributed by atoms with Gasteiger partial charge in [-0.3, -0.25) is 14.2 Å². The van der Waals surface area contributed by atoms with Crippen molar-refractivity contribution in [3.8, 4) is 11.5 Å². The van der Waals surface area contributed by atoms with Gasteiger partial charge in [-0.2, -0.15) is 0 Å². The number of aromatic nitrogens is 2. The summed E-state index contributed by atoms with van der Waals surface area (Å²) in [5, 5.41) is 0. The minimum Gasteiger partial charge on any atom is -0.463 e. The van der Waals surface area contributed by atoms with E-state index in [1.807, 2.05) is 4.90 Å². The molecular formula is C16H19N3O3. The Balaban J connectivity index is 1.73. The van der Waals surface area contributed by atoms with Gasteiger partial charge in [-0.05, 0) is 30.9 Å². The lowest BCUT2D eigenvalue weighted by Crippen LogP contribution is -2.42. The number of piperidine rings is 1. The zero-order chi connectivity index (χ0) is 15.5. The monoisotopic (exact) mass is 301 g/mol. The Morgan fingerprint density at radius 2 is 2.36 bits per heavy atom. The molecule has 0 radical (unpaired) electrons. The lowest BCUT2D eigenvalue weighted by atomic mass is 10.0. The molecule has 0 saturated carbocycles. The van der Waals surface area contributed by atoms with E-state index in [1.165, 1.54) is 23.2 Å². The standard InChI is InChI=1S/C16H19N3O3/c1-12-4-2-6-18(9-12)16(21)10-19-11-17-13(8-15(19)20)14-5-3-7-22-14/h3,5,7-8,11-12H,2,4,6,9-10H2,1H3. The lowest BCUT2D eigenvalue weighted by Gasteiger charge is -2.31. The van der Waals surface area contributed by atoms with E-state index in [2.05, 4.69) is 11.9 Å². The van der Waals surface area contributed by atoms with E-state index in [0.717, 1.165) is 25.9 Å². The van der Waals surface area contributed by atoms with Crippen LogP contribution in [0.4, 0.5) is 0 Å². The highest BCUT2D eigenvalue weighted by atomic mass is 16.3. The predicted octanol–water partition coefficient (Wildman–Crippen LogP) is 1.76. The van der Waals surface area contributed by atoms with Gasteiger partial charge in [-0.15, -0.1) is 0 Å². The van der Waals surface area contributed by atoms with Crippen LogP contribution in [0.25, 0.3) is 11.5 Å². The van der Waals surface area contributed by atoms with Crippen LogP contribution in [0.3, 0.4) is 0 Å². The third kappa shape index (κ3) is 3.10. The Morgan fingerprint density at radius 1 is 1.50 bits per heavy atom. The van der Waals surface area contributed by atoms with Crippen molar-refractivity contribution in [2.45, 2.75) is 26.3 Å². The summed E-state index contributed by atoms with van der Waals surface area (Å²) in [6, 6.07) is 4.88. The average Bonchev–Trinajstić information content (AvgIpc) is 3.03. The molecule has 2 aromatic rings. The molecule has 1 atom stereocenters. The van der Waals surface area contributed by atoms with E-state index in [9.17, 15) is 9.59 Å². The normalized spacial score (nSPS) is 18.4. The number of carbonyl (C=O) groups is 1. The van der Waals surface area contributed by atoms with Crippen LogP contribution in [-0.4, -0.2) is 33.4 Å². The smallest absolute Gasteiger partial charge is 0.254 e. The topological polar surface area (TPSA) is 68.3 Å². The molecule has 1 fully saturated rings. The van der Waals surface area contributed by atoms with Gasteiger partial charge in [-0.25, -0.2) is 4.98 Å². The van der Waals surface area contributed by atoms with E-state index >= 15 is 0 Å². The van der Waals surface area contributed by atoms with Crippen LogP contribution >= 0.6 is 0 Å². The van der Waals surface area contributed by atoms with Crippen molar-refractivity contribution >= 4 is 5.91 Å². The zero-order valence-corrected chi connectivity index (χ0v) is 12.6. The molecule has 1 amide bonds. The third-order valence-electron chi connectivity index (χ3n) is 3.97. The van der Waals surface area contributed by atoms with Crippen molar-refractivity contribution < 1.29 is 9.21 Å². The molecule has 2 aromatic heterocycles. The fraction of sp³-hybridized carbons (Fsp3) is 0.438. The van der Waals surface area contributed by atoms with E-state index in [0.29, 0.717) is 17.4 Å². The highest BCUT2D eigenvalue weighted by Gasteiger charge is 2.21. The van der Waals surface area contributed by atoms with Crippen LogP contribution in [0, 0.1) is 5.92 Å². The second-order valence-corrected chi connectivity index (χ2v) is 5.80. The summed E-state index contributed by atoms with van der Waals surface area (Å²) in [5.41, 5.74) is 0.227. The first-order valence-electron chi connectivity index (χ1n) is 7.51. The molecule has 0 bridgehead atoms. The molecule has 22 heavy (non-hydrogen) atoms. The first-order valence-corrected chi connectivity index (χ1v) is 7.51. The first kappa shape index (κ1) is 14.6. The minimum atomic E-state index is -0.250. The second kappa shape index (κ2) is 6.17. The van der Waals surface area contributed by atoms with Gasteiger partial charge in [0.2, 0.25) is 5.91 Å². The van der Waals surface area contributed by atoms with Crippen molar-refractivity contribution in [2.24, 2.45) is 5.92 Å². The molecule has 3 rings (SSSR count). The molecule has 0 spiro atoms.